The van der Waals surface area contributed by atoms with Crippen molar-refractivity contribution in [3.8, 4) is 5.75 Å². The molecule has 0 aromatic heterocycles. The van der Waals surface area contributed by atoms with Crippen molar-refractivity contribution in [1.82, 2.24) is 4.90 Å². The Hall–Kier alpha value is -1.10. The Morgan fingerprint density at radius 1 is 1.30 bits per heavy atom. The Morgan fingerprint density at radius 3 is 2.78 bits per heavy atom. The number of hydrogen-bond acceptors (Lipinski definition) is 4. The summed E-state index contributed by atoms with van der Waals surface area (Å²) < 4.78 is 11.3. The van der Waals surface area contributed by atoms with E-state index in [0.717, 1.165) is 37.5 Å². The lowest BCUT2D eigenvalue weighted by molar-refractivity contribution is 0.0579. The van der Waals surface area contributed by atoms with E-state index in [0.29, 0.717) is 25.1 Å². The van der Waals surface area contributed by atoms with Gasteiger partial charge in [0.25, 0.3) is 0 Å². The minimum Gasteiger partial charge on any atom is -0.491 e. The van der Waals surface area contributed by atoms with Crippen molar-refractivity contribution in [3.63, 3.8) is 0 Å². The summed E-state index contributed by atoms with van der Waals surface area (Å²) in [5.41, 5.74) is 2.36. The maximum absolute atomic E-state index is 10.4. The maximum atomic E-state index is 10.4. The summed E-state index contributed by atoms with van der Waals surface area (Å²) in [7, 11) is 0. The molecule has 0 spiro atoms. The van der Waals surface area contributed by atoms with Crippen molar-refractivity contribution >= 4 is 0 Å². The Kier molecular flexibility index (Phi) is 5.57. The third-order valence-electron chi connectivity index (χ3n) is 4.79. The van der Waals surface area contributed by atoms with Crippen LogP contribution in [0.5, 0.6) is 5.75 Å². The Morgan fingerprint density at radius 2 is 2.13 bits per heavy atom. The number of hydrogen-bond donors (Lipinski definition) is 1. The molecule has 3 rings (SSSR count). The first kappa shape index (κ1) is 16.7. The average molecular weight is 319 g/mol. The molecule has 1 aromatic carbocycles. The van der Waals surface area contributed by atoms with Crippen LogP contribution in [0, 0.1) is 19.8 Å². The second-order valence-electron chi connectivity index (χ2n) is 7.15. The van der Waals surface area contributed by atoms with Crippen LogP contribution in [-0.2, 0) is 4.74 Å². The number of aliphatic hydroxyl groups excluding tert-OH is 1. The first-order chi connectivity index (χ1) is 11.1. The summed E-state index contributed by atoms with van der Waals surface area (Å²) in [5, 5.41) is 10.4. The molecule has 1 saturated carbocycles. The summed E-state index contributed by atoms with van der Waals surface area (Å²) >= 11 is 0. The molecule has 1 aliphatic heterocycles. The van der Waals surface area contributed by atoms with Crippen molar-refractivity contribution in [1.29, 1.82) is 0 Å². The lowest BCUT2D eigenvalue weighted by atomic mass is 10.1. The Balaban J connectivity index is 1.47. The monoisotopic (exact) mass is 319 g/mol. The van der Waals surface area contributed by atoms with Crippen LogP contribution in [-0.4, -0.2) is 55.1 Å². The molecular formula is C19H29NO3. The van der Waals surface area contributed by atoms with Gasteiger partial charge in [0.15, 0.2) is 0 Å². The summed E-state index contributed by atoms with van der Waals surface area (Å²) in [4.78, 5) is 2.44. The van der Waals surface area contributed by atoms with Gasteiger partial charge in [-0.3, -0.25) is 4.90 Å². The first-order valence-corrected chi connectivity index (χ1v) is 8.81. The summed E-state index contributed by atoms with van der Waals surface area (Å²) in [6.45, 7) is 7.99. The molecule has 1 aromatic rings. The fourth-order valence-electron chi connectivity index (χ4n) is 3.34. The SMILES string of the molecule is Cc1ccc(OCC(O)CN(CC2CCOC2)C2CC2)c(C)c1. The highest BCUT2D eigenvalue weighted by atomic mass is 16.5. The molecule has 1 saturated heterocycles. The van der Waals surface area contributed by atoms with Crippen molar-refractivity contribution in [2.75, 3.05) is 32.9 Å². The minimum atomic E-state index is -0.446. The van der Waals surface area contributed by atoms with E-state index < -0.39 is 6.10 Å². The topological polar surface area (TPSA) is 41.9 Å². The highest BCUT2D eigenvalue weighted by molar-refractivity contribution is 5.35. The number of benzene rings is 1. The highest BCUT2D eigenvalue weighted by Crippen LogP contribution is 2.29. The molecule has 0 amide bonds. The Bertz CT molecular complexity index is 509. The van der Waals surface area contributed by atoms with Gasteiger partial charge >= 0.3 is 0 Å². The largest absolute Gasteiger partial charge is 0.491 e. The molecule has 1 N–H and O–H groups in total. The molecule has 2 unspecified atom stereocenters. The van der Waals surface area contributed by atoms with Gasteiger partial charge in [0.1, 0.15) is 18.5 Å². The van der Waals surface area contributed by atoms with Crippen LogP contribution in [0.4, 0.5) is 0 Å². The zero-order chi connectivity index (χ0) is 16.2. The molecule has 23 heavy (non-hydrogen) atoms. The van der Waals surface area contributed by atoms with E-state index in [1.807, 2.05) is 19.1 Å². The van der Waals surface area contributed by atoms with Gasteiger partial charge in [0, 0.05) is 25.7 Å². The van der Waals surface area contributed by atoms with E-state index in [-0.39, 0.29) is 0 Å². The van der Waals surface area contributed by atoms with Crippen LogP contribution in [0.15, 0.2) is 18.2 Å². The third-order valence-corrected chi connectivity index (χ3v) is 4.79. The summed E-state index contributed by atoms with van der Waals surface area (Å²) in [6, 6.07) is 6.81. The fourth-order valence-corrected chi connectivity index (χ4v) is 3.34. The zero-order valence-electron chi connectivity index (χ0n) is 14.3. The van der Waals surface area contributed by atoms with Crippen LogP contribution in [0.25, 0.3) is 0 Å². The molecule has 1 heterocycles. The predicted octanol–water partition coefficient (Wildman–Crippen LogP) is 2.54. The van der Waals surface area contributed by atoms with Gasteiger partial charge in [0.05, 0.1) is 6.61 Å². The van der Waals surface area contributed by atoms with Gasteiger partial charge < -0.3 is 14.6 Å². The van der Waals surface area contributed by atoms with E-state index in [4.69, 9.17) is 9.47 Å². The second-order valence-corrected chi connectivity index (χ2v) is 7.15. The number of rotatable bonds is 8. The van der Waals surface area contributed by atoms with Crippen LogP contribution < -0.4 is 4.74 Å². The number of nitrogens with zero attached hydrogens (tertiary/aromatic N) is 1. The van der Waals surface area contributed by atoms with Crippen molar-refractivity contribution in [3.05, 3.63) is 29.3 Å². The van der Waals surface area contributed by atoms with E-state index in [1.165, 1.54) is 18.4 Å². The zero-order valence-corrected chi connectivity index (χ0v) is 14.3. The van der Waals surface area contributed by atoms with E-state index in [2.05, 4.69) is 17.9 Å². The molecule has 1 aliphatic carbocycles. The van der Waals surface area contributed by atoms with E-state index >= 15 is 0 Å². The number of ether oxygens (including phenoxy) is 2. The van der Waals surface area contributed by atoms with Crippen molar-refractivity contribution in [2.24, 2.45) is 5.92 Å². The van der Waals surface area contributed by atoms with E-state index in [1.54, 1.807) is 0 Å². The summed E-state index contributed by atoms with van der Waals surface area (Å²) in [6.07, 6.45) is 3.23. The molecule has 2 fully saturated rings. The highest BCUT2D eigenvalue weighted by Gasteiger charge is 2.32. The molecule has 0 bridgehead atoms. The third kappa shape index (κ3) is 4.93. The standard InChI is InChI=1S/C19H29NO3/c1-14-3-6-19(15(2)9-14)23-13-18(21)11-20(17-4-5-17)10-16-7-8-22-12-16/h3,6,9,16-18,21H,4-5,7-8,10-13H2,1-2H3. The number of aliphatic hydroxyl groups is 1. The minimum absolute atomic E-state index is 0.355. The molecule has 4 nitrogen and oxygen atoms in total. The van der Waals surface area contributed by atoms with Gasteiger partial charge in [0.2, 0.25) is 0 Å². The van der Waals surface area contributed by atoms with Gasteiger partial charge in [-0.25, -0.2) is 0 Å². The van der Waals surface area contributed by atoms with Crippen molar-refractivity contribution < 1.29 is 14.6 Å². The smallest absolute Gasteiger partial charge is 0.122 e. The van der Waals surface area contributed by atoms with Crippen LogP contribution >= 0.6 is 0 Å². The van der Waals surface area contributed by atoms with Crippen LogP contribution in [0.2, 0.25) is 0 Å². The molecule has 128 valence electrons. The molecular weight excluding hydrogens is 290 g/mol. The molecule has 4 heteroatoms. The van der Waals surface area contributed by atoms with Gasteiger partial charge in [-0.05, 0) is 50.7 Å². The quantitative estimate of drug-likeness (QED) is 0.799. The average Bonchev–Trinajstić information content (AvgIpc) is 3.24. The fraction of sp³-hybridized carbons (Fsp3) is 0.684. The molecule has 2 atom stereocenters. The predicted molar refractivity (Wildman–Crippen MR) is 90.9 cm³/mol. The summed E-state index contributed by atoms with van der Waals surface area (Å²) in [5.74, 6) is 1.50. The maximum Gasteiger partial charge on any atom is 0.122 e. The van der Waals surface area contributed by atoms with Crippen molar-refractivity contribution in [2.45, 2.75) is 45.3 Å². The van der Waals surface area contributed by atoms with Crippen LogP contribution in [0.1, 0.15) is 30.4 Å². The van der Waals surface area contributed by atoms with Gasteiger partial charge in [-0.15, -0.1) is 0 Å². The normalized spacial score (nSPS) is 22.5. The molecule has 0 radical (unpaired) electrons. The van der Waals surface area contributed by atoms with E-state index in [9.17, 15) is 5.11 Å². The lowest BCUT2D eigenvalue weighted by Gasteiger charge is -2.27. The number of aryl methyl sites for hydroxylation is 2. The molecule has 2 aliphatic rings. The van der Waals surface area contributed by atoms with Gasteiger partial charge in [-0.2, -0.15) is 0 Å². The Labute approximate surface area is 139 Å². The first-order valence-electron chi connectivity index (χ1n) is 8.81. The lowest BCUT2D eigenvalue weighted by Crippen LogP contribution is -2.40. The second kappa shape index (κ2) is 7.65. The van der Waals surface area contributed by atoms with Gasteiger partial charge in [-0.1, -0.05) is 17.7 Å². The van der Waals surface area contributed by atoms with Crippen LogP contribution in [0.3, 0.4) is 0 Å².